The van der Waals surface area contributed by atoms with E-state index in [0.717, 1.165) is 11.1 Å². The number of sulfone groups is 1. The molecule has 2 heterocycles. The summed E-state index contributed by atoms with van der Waals surface area (Å²) < 4.78 is 23.8. The molecule has 6 heteroatoms. The topological polar surface area (TPSA) is 59.1 Å². The largest absolute Gasteiger partial charge is 0.305 e. The zero-order valence-electron chi connectivity index (χ0n) is 12.9. The van der Waals surface area contributed by atoms with E-state index < -0.39 is 9.84 Å². The number of aromatic nitrogens is 1. The number of hydrogen-bond acceptors (Lipinski definition) is 5. The van der Waals surface area contributed by atoms with Crippen LogP contribution in [0.5, 0.6) is 0 Å². The number of nitrogens with zero attached hydrogens (tertiary/aromatic N) is 1. The Hall–Kier alpha value is -0.980. The summed E-state index contributed by atoms with van der Waals surface area (Å²) in [6, 6.07) is 4.29. The molecule has 0 aromatic carbocycles. The summed E-state index contributed by atoms with van der Waals surface area (Å²) >= 11 is 1.68. The van der Waals surface area contributed by atoms with Crippen molar-refractivity contribution < 1.29 is 8.42 Å². The van der Waals surface area contributed by atoms with Crippen LogP contribution >= 0.6 is 11.3 Å². The lowest BCUT2D eigenvalue weighted by molar-refractivity contribution is 0.338. The Morgan fingerprint density at radius 1 is 1.43 bits per heavy atom. The summed E-state index contributed by atoms with van der Waals surface area (Å²) in [5.74, 6) is 0.196. The van der Waals surface area contributed by atoms with Crippen molar-refractivity contribution in [2.24, 2.45) is 0 Å². The zero-order valence-corrected chi connectivity index (χ0v) is 14.5. The van der Waals surface area contributed by atoms with Crippen LogP contribution in [-0.4, -0.2) is 30.9 Å². The van der Waals surface area contributed by atoms with Gasteiger partial charge in [0.15, 0.2) is 0 Å². The molecule has 0 saturated heterocycles. The van der Waals surface area contributed by atoms with E-state index in [1.165, 1.54) is 11.0 Å². The molecular weight excluding hydrogens is 304 g/mol. The molecule has 4 nitrogen and oxygen atoms in total. The van der Waals surface area contributed by atoms with Crippen LogP contribution in [0.1, 0.15) is 38.8 Å². The number of hydrogen-bond donors (Lipinski definition) is 1. The van der Waals surface area contributed by atoms with Gasteiger partial charge in [-0.15, -0.1) is 11.3 Å². The molecule has 2 rings (SSSR count). The molecular formula is C15H22N2O2S2. The van der Waals surface area contributed by atoms with Crippen LogP contribution in [0.4, 0.5) is 0 Å². The fourth-order valence-corrected chi connectivity index (χ4v) is 3.95. The molecule has 0 unspecified atom stereocenters. The molecule has 2 aromatic rings. The van der Waals surface area contributed by atoms with Crippen molar-refractivity contribution in [2.75, 3.05) is 12.0 Å². The van der Waals surface area contributed by atoms with Crippen molar-refractivity contribution in [3.63, 3.8) is 0 Å². The van der Waals surface area contributed by atoms with E-state index in [2.05, 4.69) is 23.3 Å². The molecule has 0 saturated carbocycles. The smallest absolute Gasteiger partial charge is 0.147 e. The van der Waals surface area contributed by atoms with Gasteiger partial charge in [0.1, 0.15) is 9.84 Å². The van der Waals surface area contributed by atoms with Crippen molar-refractivity contribution in [3.8, 4) is 0 Å². The Bertz CT molecular complexity index is 720. The SMILES string of the molecule is C[C@@H](NC(C)(C)CCS(C)(=O)=O)c1cnc2ccsc2c1. The summed E-state index contributed by atoms with van der Waals surface area (Å²) in [5, 5.41) is 5.54. The number of fused-ring (bicyclic) bond motifs is 1. The minimum atomic E-state index is -2.93. The highest BCUT2D eigenvalue weighted by Gasteiger charge is 2.22. The van der Waals surface area contributed by atoms with E-state index in [0.29, 0.717) is 6.42 Å². The monoisotopic (exact) mass is 326 g/mol. The van der Waals surface area contributed by atoms with Crippen LogP contribution in [0.2, 0.25) is 0 Å². The molecule has 1 N–H and O–H groups in total. The van der Waals surface area contributed by atoms with Gasteiger partial charge in [-0.05, 0) is 50.3 Å². The second-order valence-electron chi connectivity index (χ2n) is 6.20. The van der Waals surface area contributed by atoms with E-state index in [1.807, 2.05) is 31.5 Å². The van der Waals surface area contributed by atoms with Crippen LogP contribution < -0.4 is 5.32 Å². The van der Waals surface area contributed by atoms with Crippen molar-refractivity contribution in [3.05, 3.63) is 29.3 Å². The second kappa shape index (κ2) is 6.02. The minimum absolute atomic E-state index is 0.124. The molecule has 0 aliphatic rings. The normalized spacial score (nSPS) is 14.5. The fourth-order valence-electron chi connectivity index (χ4n) is 2.28. The van der Waals surface area contributed by atoms with Crippen molar-refractivity contribution in [1.29, 1.82) is 0 Å². The Morgan fingerprint density at radius 3 is 2.81 bits per heavy atom. The number of nitrogens with one attached hydrogen (secondary N) is 1. The highest BCUT2D eigenvalue weighted by molar-refractivity contribution is 7.90. The first-order chi connectivity index (χ1) is 9.66. The van der Waals surface area contributed by atoms with Crippen LogP contribution in [0.15, 0.2) is 23.7 Å². The van der Waals surface area contributed by atoms with E-state index in [1.54, 1.807) is 11.3 Å². The van der Waals surface area contributed by atoms with Crippen molar-refractivity contribution in [2.45, 2.75) is 38.8 Å². The fraction of sp³-hybridized carbons (Fsp3) is 0.533. The molecule has 0 aliphatic heterocycles. The summed E-state index contributed by atoms with van der Waals surface area (Å²) in [6.45, 7) is 6.15. The Balaban J connectivity index is 2.06. The predicted molar refractivity (Wildman–Crippen MR) is 89.6 cm³/mol. The summed E-state index contributed by atoms with van der Waals surface area (Å²) in [5.41, 5.74) is 1.90. The maximum Gasteiger partial charge on any atom is 0.147 e. The lowest BCUT2D eigenvalue weighted by atomic mass is 9.99. The third-order valence-corrected chi connectivity index (χ3v) is 5.33. The van der Waals surface area contributed by atoms with Gasteiger partial charge in [0.25, 0.3) is 0 Å². The standard InChI is InChI=1S/C15H22N2O2S2/c1-11(17-15(2,3)6-8-21(4,18)19)12-9-14-13(16-10-12)5-7-20-14/h5,7,9-11,17H,6,8H2,1-4H3/t11-/m1/s1. The predicted octanol–water partition coefficient (Wildman–Crippen LogP) is 3.16. The second-order valence-corrected chi connectivity index (χ2v) is 9.41. The lowest BCUT2D eigenvalue weighted by Crippen LogP contribution is -2.42. The average molecular weight is 326 g/mol. The lowest BCUT2D eigenvalue weighted by Gasteiger charge is -2.30. The maximum atomic E-state index is 11.3. The first-order valence-electron chi connectivity index (χ1n) is 6.95. The Labute approximate surface area is 130 Å². The van der Waals surface area contributed by atoms with Gasteiger partial charge in [-0.2, -0.15) is 0 Å². The number of pyridine rings is 1. The molecule has 1 atom stereocenters. The van der Waals surface area contributed by atoms with Crippen molar-refractivity contribution >= 4 is 31.4 Å². The number of rotatable bonds is 6. The summed E-state index contributed by atoms with van der Waals surface area (Å²) in [7, 11) is -2.93. The minimum Gasteiger partial charge on any atom is -0.305 e. The van der Waals surface area contributed by atoms with Gasteiger partial charge in [-0.1, -0.05) is 0 Å². The Kier molecular flexibility index (Phi) is 4.70. The van der Waals surface area contributed by atoms with E-state index in [4.69, 9.17) is 0 Å². The quantitative estimate of drug-likeness (QED) is 0.886. The highest BCUT2D eigenvalue weighted by atomic mass is 32.2. The van der Waals surface area contributed by atoms with Gasteiger partial charge in [0.05, 0.1) is 16.0 Å². The first kappa shape index (κ1) is 16.4. The maximum absolute atomic E-state index is 11.3. The van der Waals surface area contributed by atoms with Crippen molar-refractivity contribution in [1.82, 2.24) is 10.3 Å². The molecule has 0 aliphatic carbocycles. The van der Waals surface area contributed by atoms with Gasteiger partial charge < -0.3 is 5.32 Å². The van der Waals surface area contributed by atoms with Crippen LogP contribution in [-0.2, 0) is 9.84 Å². The molecule has 0 radical (unpaired) electrons. The molecule has 0 fully saturated rings. The summed E-state index contributed by atoms with van der Waals surface area (Å²) in [6.07, 6.45) is 3.76. The van der Waals surface area contributed by atoms with Gasteiger partial charge in [0.2, 0.25) is 0 Å². The van der Waals surface area contributed by atoms with Gasteiger partial charge in [-0.3, -0.25) is 4.98 Å². The van der Waals surface area contributed by atoms with Crippen LogP contribution in [0, 0.1) is 0 Å². The van der Waals surface area contributed by atoms with Gasteiger partial charge in [0, 0.05) is 24.0 Å². The van der Waals surface area contributed by atoms with E-state index in [9.17, 15) is 8.42 Å². The van der Waals surface area contributed by atoms with Crippen LogP contribution in [0.25, 0.3) is 10.2 Å². The molecule has 0 spiro atoms. The zero-order chi connectivity index (χ0) is 15.7. The third-order valence-electron chi connectivity index (χ3n) is 3.53. The van der Waals surface area contributed by atoms with Gasteiger partial charge in [-0.25, -0.2) is 8.42 Å². The molecule has 0 bridgehead atoms. The molecule has 2 aromatic heterocycles. The highest BCUT2D eigenvalue weighted by Crippen LogP contribution is 2.24. The third kappa shape index (κ3) is 4.76. The first-order valence-corrected chi connectivity index (χ1v) is 9.89. The molecule has 116 valence electrons. The van der Waals surface area contributed by atoms with E-state index in [-0.39, 0.29) is 17.3 Å². The average Bonchev–Trinajstić information content (AvgIpc) is 2.82. The summed E-state index contributed by atoms with van der Waals surface area (Å²) in [4.78, 5) is 4.45. The number of thiophene rings is 1. The van der Waals surface area contributed by atoms with Gasteiger partial charge >= 0.3 is 0 Å². The molecule has 0 amide bonds. The van der Waals surface area contributed by atoms with E-state index >= 15 is 0 Å². The molecule has 21 heavy (non-hydrogen) atoms. The van der Waals surface area contributed by atoms with Crippen LogP contribution in [0.3, 0.4) is 0 Å². The Morgan fingerprint density at radius 2 is 2.14 bits per heavy atom.